The SMILES string of the molecule is CC(=O)c1cc2c(s1)CCCC2O. The highest BCUT2D eigenvalue weighted by Crippen LogP contribution is 2.35. The topological polar surface area (TPSA) is 37.3 Å². The van der Waals surface area contributed by atoms with Crippen LogP contribution in [0.1, 0.15) is 46.0 Å². The summed E-state index contributed by atoms with van der Waals surface area (Å²) in [6, 6.07) is 1.85. The zero-order chi connectivity index (χ0) is 9.42. The number of rotatable bonds is 1. The number of carbonyl (C=O) groups is 1. The molecule has 1 N–H and O–H groups in total. The van der Waals surface area contributed by atoms with Gasteiger partial charge in [0.05, 0.1) is 11.0 Å². The van der Waals surface area contributed by atoms with Gasteiger partial charge in [-0.2, -0.15) is 0 Å². The first kappa shape index (κ1) is 8.91. The van der Waals surface area contributed by atoms with E-state index in [1.165, 1.54) is 16.2 Å². The van der Waals surface area contributed by atoms with E-state index in [9.17, 15) is 9.90 Å². The molecule has 3 heteroatoms. The molecule has 1 aromatic rings. The van der Waals surface area contributed by atoms with E-state index in [-0.39, 0.29) is 11.9 Å². The second-order valence-corrected chi connectivity index (χ2v) is 4.59. The van der Waals surface area contributed by atoms with E-state index in [2.05, 4.69) is 0 Å². The Bertz CT molecular complexity index is 341. The van der Waals surface area contributed by atoms with E-state index in [1.807, 2.05) is 6.07 Å². The highest BCUT2D eigenvalue weighted by atomic mass is 32.1. The molecule has 1 atom stereocenters. The van der Waals surface area contributed by atoms with Crippen molar-refractivity contribution < 1.29 is 9.90 Å². The van der Waals surface area contributed by atoms with E-state index >= 15 is 0 Å². The summed E-state index contributed by atoms with van der Waals surface area (Å²) in [5, 5.41) is 9.65. The van der Waals surface area contributed by atoms with Gasteiger partial charge in [0.25, 0.3) is 0 Å². The summed E-state index contributed by atoms with van der Waals surface area (Å²) in [6.07, 6.45) is 2.55. The Morgan fingerprint density at radius 1 is 1.69 bits per heavy atom. The van der Waals surface area contributed by atoms with Gasteiger partial charge in [-0.1, -0.05) is 0 Å². The molecule has 13 heavy (non-hydrogen) atoms. The van der Waals surface area contributed by atoms with Crippen LogP contribution in [0.25, 0.3) is 0 Å². The Kier molecular flexibility index (Phi) is 2.22. The molecular formula is C10H12O2S. The molecule has 0 saturated heterocycles. The lowest BCUT2D eigenvalue weighted by Gasteiger charge is -2.16. The lowest BCUT2D eigenvalue weighted by Crippen LogP contribution is -2.05. The van der Waals surface area contributed by atoms with Crippen LogP contribution in [0.2, 0.25) is 0 Å². The number of Topliss-reactive ketones (excluding diaryl/α,β-unsaturated/α-hetero) is 1. The Labute approximate surface area is 81.2 Å². The third-order valence-corrected chi connectivity index (χ3v) is 3.74. The van der Waals surface area contributed by atoms with Crippen LogP contribution in [0.3, 0.4) is 0 Å². The van der Waals surface area contributed by atoms with Crippen molar-refractivity contribution in [1.29, 1.82) is 0 Å². The summed E-state index contributed by atoms with van der Waals surface area (Å²) in [4.78, 5) is 13.1. The third kappa shape index (κ3) is 1.54. The first-order valence-electron chi connectivity index (χ1n) is 4.50. The van der Waals surface area contributed by atoms with E-state index in [0.717, 1.165) is 29.7 Å². The lowest BCUT2D eigenvalue weighted by molar-refractivity contribution is 0.102. The lowest BCUT2D eigenvalue weighted by atomic mass is 9.96. The fraction of sp³-hybridized carbons (Fsp3) is 0.500. The molecule has 70 valence electrons. The molecule has 0 bridgehead atoms. The molecule has 0 amide bonds. The maximum absolute atomic E-state index is 11.1. The summed E-state index contributed by atoms with van der Waals surface area (Å²) < 4.78 is 0. The number of thiophene rings is 1. The number of aliphatic hydroxyl groups excluding tert-OH is 1. The fourth-order valence-corrected chi connectivity index (χ4v) is 2.86. The minimum absolute atomic E-state index is 0.103. The molecule has 2 rings (SSSR count). The predicted molar refractivity (Wildman–Crippen MR) is 52.2 cm³/mol. The molecular weight excluding hydrogens is 184 g/mol. The maximum atomic E-state index is 11.1. The number of aliphatic hydroxyl groups is 1. The van der Waals surface area contributed by atoms with Crippen LogP contribution in [0, 0.1) is 0 Å². The summed E-state index contributed by atoms with van der Waals surface area (Å²) in [7, 11) is 0. The number of ketones is 1. The van der Waals surface area contributed by atoms with Gasteiger partial charge in [-0.05, 0) is 37.8 Å². The Morgan fingerprint density at radius 2 is 2.46 bits per heavy atom. The molecule has 0 saturated carbocycles. The fourth-order valence-electron chi connectivity index (χ4n) is 1.71. The van der Waals surface area contributed by atoms with Crippen LogP contribution in [0.15, 0.2) is 6.07 Å². The van der Waals surface area contributed by atoms with E-state index in [4.69, 9.17) is 0 Å². The minimum atomic E-state index is -0.340. The van der Waals surface area contributed by atoms with Crippen LogP contribution in [0.4, 0.5) is 0 Å². The average molecular weight is 196 g/mol. The largest absolute Gasteiger partial charge is 0.388 e. The third-order valence-electron chi connectivity index (χ3n) is 2.43. The monoisotopic (exact) mass is 196 g/mol. The Morgan fingerprint density at radius 3 is 3.08 bits per heavy atom. The summed E-state index contributed by atoms with van der Waals surface area (Å²) >= 11 is 1.54. The maximum Gasteiger partial charge on any atom is 0.169 e. The van der Waals surface area contributed by atoms with Crippen molar-refractivity contribution in [2.45, 2.75) is 32.3 Å². The quantitative estimate of drug-likeness (QED) is 0.700. The van der Waals surface area contributed by atoms with E-state index in [1.54, 1.807) is 6.92 Å². The smallest absolute Gasteiger partial charge is 0.169 e. The number of aryl methyl sites for hydroxylation is 1. The highest BCUT2D eigenvalue weighted by molar-refractivity contribution is 7.14. The molecule has 1 heterocycles. The minimum Gasteiger partial charge on any atom is -0.388 e. The van der Waals surface area contributed by atoms with Crippen molar-refractivity contribution in [3.8, 4) is 0 Å². The normalized spacial score (nSPS) is 21.2. The van der Waals surface area contributed by atoms with Crippen LogP contribution in [0.5, 0.6) is 0 Å². The number of fused-ring (bicyclic) bond motifs is 1. The van der Waals surface area contributed by atoms with Gasteiger partial charge >= 0.3 is 0 Å². The van der Waals surface area contributed by atoms with Gasteiger partial charge in [0.1, 0.15) is 0 Å². The Hall–Kier alpha value is -0.670. The standard InChI is InChI=1S/C10H12O2S/c1-6(11)10-5-7-8(12)3-2-4-9(7)13-10/h5,8,12H,2-4H2,1H3. The average Bonchev–Trinajstić information content (AvgIpc) is 2.49. The molecule has 1 aliphatic rings. The number of carbonyl (C=O) groups excluding carboxylic acids is 1. The number of hydrogen-bond acceptors (Lipinski definition) is 3. The Balaban J connectivity index is 2.42. The zero-order valence-corrected chi connectivity index (χ0v) is 8.36. The molecule has 1 aromatic heterocycles. The molecule has 0 radical (unpaired) electrons. The molecule has 2 nitrogen and oxygen atoms in total. The molecule has 1 aliphatic carbocycles. The van der Waals surface area contributed by atoms with Crippen LogP contribution < -0.4 is 0 Å². The van der Waals surface area contributed by atoms with E-state index in [0.29, 0.717) is 0 Å². The van der Waals surface area contributed by atoms with Crippen molar-refractivity contribution in [3.63, 3.8) is 0 Å². The van der Waals surface area contributed by atoms with Crippen LogP contribution in [-0.2, 0) is 6.42 Å². The first-order valence-corrected chi connectivity index (χ1v) is 5.31. The van der Waals surface area contributed by atoms with Gasteiger partial charge in [-0.3, -0.25) is 4.79 Å². The molecule has 0 aliphatic heterocycles. The van der Waals surface area contributed by atoms with E-state index < -0.39 is 0 Å². The summed E-state index contributed by atoms with van der Waals surface area (Å²) in [5.74, 6) is 0.103. The summed E-state index contributed by atoms with van der Waals surface area (Å²) in [5.41, 5.74) is 0.987. The van der Waals surface area contributed by atoms with Gasteiger partial charge in [0.15, 0.2) is 5.78 Å². The van der Waals surface area contributed by atoms with Gasteiger partial charge in [-0.15, -0.1) is 11.3 Å². The zero-order valence-electron chi connectivity index (χ0n) is 7.54. The van der Waals surface area contributed by atoms with Gasteiger partial charge in [-0.25, -0.2) is 0 Å². The predicted octanol–water partition coefficient (Wildman–Crippen LogP) is 2.32. The van der Waals surface area contributed by atoms with Crippen molar-refractivity contribution in [3.05, 3.63) is 21.4 Å². The first-order chi connectivity index (χ1) is 6.18. The highest BCUT2D eigenvalue weighted by Gasteiger charge is 2.21. The van der Waals surface area contributed by atoms with Crippen molar-refractivity contribution in [2.24, 2.45) is 0 Å². The molecule has 0 fully saturated rings. The number of hydrogen-bond donors (Lipinski definition) is 1. The molecule has 0 spiro atoms. The summed E-state index contributed by atoms with van der Waals surface area (Å²) in [6.45, 7) is 1.57. The van der Waals surface area contributed by atoms with Gasteiger partial charge in [0, 0.05) is 4.88 Å². The second-order valence-electron chi connectivity index (χ2n) is 3.45. The van der Waals surface area contributed by atoms with Crippen molar-refractivity contribution >= 4 is 17.1 Å². The van der Waals surface area contributed by atoms with Crippen LogP contribution in [-0.4, -0.2) is 10.9 Å². The van der Waals surface area contributed by atoms with Crippen molar-refractivity contribution in [1.82, 2.24) is 0 Å². The second kappa shape index (κ2) is 3.24. The molecule has 1 unspecified atom stereocenters. The van der Waals surface area contributed by atoms with Crippen molar-refractivity contribution in [2.75, 3.05) is 0 Å². The van der Waals surface area contributed by atoms with Crippen LogP contribution >= 0.6 is 11.3 Å². The van der Waals surface area contributed by atoms with Gasteiger partial charge < -0.3 is 5.11 Å². The molecule has 0 aromatic carbocycles. The van der Waals surface area contributed by atoms with Gasteiger partial charge in [0.2, 0.25) is 0 Å².